The van der Waals surface area contributed by atoms with Crippen LogP contribution in [0.4, 0.5) is 36.4 Å². The number of nitrogens with one attached hydrogen (secondary N) is 1. The van der Waals surface area contributed by atoms with E-state index in [0.717, 1.165) is 30.5 Å². The highest BCUT2D eigenvalue weighted by Gasteiger charge is 2.29. The molecule has 3 nitrogen and oxygen atoms in total. The van der Waals surface area contributed by atoms with Crippen molar-refractivity contribution in [2.24, 2.45) is 5.10 Å². The number of anilines is 1. The monoisotopic (exact) mass is 337 g/mol. The summed E-state index contributed by atoms with van der Waals surface area (Å²) in [6, 6.07) is 3.64. The first-order valence-electron chi connectivity index (χ1n) is 5.86. The molecule has 0 unspecified atom stereocenters. The summed E-state index contributed by atoms with van der Waals surface area (Å²) >= 11 is 0. The van der Waals surface area contributed by atoms with Gasteiger partial charge in [0.25, 0.3) is 11.9 Å². The number of hydrazone groups is 1. The van der Waals surface area contributed by atoms with Gasteiger partial charge in [-0.15, -0.1) is 0 Å². The average Bonchev–Trinajstić information content (AvgIpc) is 2.48. The first-order chi connectivity index (χ1) is 10.7. The van der Waals surface area contributed by atoms with Crippen LogP contribution in [0.15, 0.2) is 29.4 Å². The summed E-state index contributed by atoms with van der Waals surface area (Å²) in [5.41, 5.74) is -0.213. The zero-order valence-electron chi connectivity index (χ0n) is 10.9. The maximum atomic E-state index is 13.2. The van der Waals surface area contributed by atoms with E-state index in [0.29, 0.717) is 0 Å². The van der Waals surface area contributed by atoms with Crippen LogP contribution in [0.25, 0.3) is 0 Å². The second-order valence-electron chi connectivity index (χ2n) is 4.19. The Morgan fingerprint density at radius 2 is 1.43 bits per heavy atom. The Hall–Kier alpha value is -2.65. The Morgan fingerprint density at radius 3 is 1.91 bits per heavy atom. The van der Waals surface area contributed by atoms with E-state index in [1.54, 1.807) is 5.43 Å². The molecule has 0 bridgehead atoms. The third kappa shape index (κ3) is 3.76. The van der Waals surface area contributed by atoms with Crippen molar-refractivity contribution < 1.29 is 30.7 Å². The van der Waals surface area contributed by atoms with Crippen LogP contribution in [0.5, 0.6) is 0 Å². The molecule has 2 rings (SSSR count). The number of hydrogen-bond acceptors (Lipinski definition) is 3. The van der Waals surface area contributed by atoms with Crippen LogP contribution in [0.2, 0.25) is 0 Å². The van der Waals surface area contributed by atoms with Gasteiger partial charge in [-0.25, -0.2) is 0 Å². The molecule has 2 aromatic rings. The molecule has 0 aliphatic rings. The van der Waals surface area contributed by atoms with Crippen molar-refractivity contribution in [2.75, 3.05) is 5.43 Å². The van der Waals surface area contributed by atoms with Crippen LogP contribution in [0.1, 0.15) is 11.1 Å². The molecule has 0 fully saturated rings. The van der Waals surface area contributed by atoms with Gasteiger partial charge in [0.2, 0.25) is 11.6 Å². The van der Waals surface area contributed by atoms with Gasteiger partial charge in [-0.2, -0.15) is 40.8 Å². The number of alkyl halides is 3. The fourth-order valence-corrected chi connectivity index (χ4v) is 1.51. The number of halogens is 7. The normalized spacial score (nSPS) is 12.0. The first-order valence-corrected chi connectivity index (χ1v) is 5.86. The Kier molecular flexibility index (Phi) is 4.52. The van der Waals surface area contributed by atoms with E-state index in [2.05, 4.69) is 10.1 Å². The molecule has 0 saturated carbocycles. The lowest BCUT2D eigenvalue weighted by atomic mass is 10.1. The SMILES string of the molecule is Fc1nc(F)c(F)c(N/N=C/c2ccc(C(F)(F)F)cc2)c1F. The number of pyridine rings is 1. The standard InChI is InChI=1S/C13H6F7N3/c14-8-10(9(15)12(17)22-11(8)16)23-21-5-6-1-3-7(4-2-6)13(18,19)20/h1-5H,(H,22,23)/b21-5+. The maximum absolute atomic E-state index is 13.2. The molecule has 0 aliphatic carbocycles. The summed E-state index contributed by atoms with van der Waals surface area (Å²) in [7, 11) is 0. The van der Waals surface area contributed by atoms with E-state index >= 15 is 0 Å². The van der Waals surface area contributed by atoms with Crippen molar-refractivity contribution in [2.45, 2.75) is 6.18 Å². The van der Waals surface area contributed by atoms with Crippen LogP contribution in [-0.4, -0.2) is 11.2 Å². The molecular weight excluding hydrogens is 331 g/mol. The summed E-state index contributed by atoms with van der Waals surface area (Å²) in [4.78, 5) is 2.35. The minimum absolute atomic E-state index is 0.154. The number of nitrogens with zero attached hydrogens (tertiary/aromatic N) is 2. The van der Waals surface area contributed by atoms with Gasteiger partial charge in [0, 0.05) is 0 Å². The molecular formula is C13H6F7N3. The molecule has 1 N–H and O–H groups in total. The molecule has 23 heavy (non-hydrogen) atoms. The van der Waals surface area contributed by atoms with Crippen molar-refractivity contribution in [1.29, 1.82) is 0 Å². The number of aromatic nitrogens is 1. The van der Waals surface area contributed by atoms with Gasteiger partial charge in [-0.3, -0.25) is 5.43 Å². The fraction of sp³-hybridized carbons (Fsp3) is 0.0769. The highest BCUT2D eigenvalue weighted by atomic mass is 19.4. The van der Waals surface area contributed by atoms with E-state index in [4.69, 9.17) is 0 Å². The molecule has 10 heteroatoms. The van der Waals surface area contributed by atoms with Crippen LogP contribution in [0.3, 0.4) is 0 Å². The number of hydrogen-bond donors (Lipinski definition) is 1. The second-order valence-corrected chi connectivity index (χ2v) is 4.19. The Labute approximate surface area is 124 Å². The largest absolute Gasteiger partial charge is 0.416 e. The molecule has 1 heterocycles. The van der Waals surface area contributed by atoms with Gasteiger partial charge < -0.3 is 0 Å². The summed E-state index contributed by atoms with van der Waals surface area (Å²) in [6.07, 6.45) is -3.60. The quantitative estimate of drug-likeness (QED) is 0.396. The Bertz CT molecular complexity index is 712. The summed E-state index contributed by atoms with van der Waals surface area (Å²) in [5, 5.41) is 3.31. The lowest BCUT2D eigenvalue weighted by Crippen LogP contribution is -2.06. The average molecular weight is 337 g/mol. The molecule has 0 atom stereocenters. The van der Waals surface area contributed by atoms with Crippen molar-refractivity contribution >= 4 is 11.9 Å². The van der Waals surface area contributed by atoms with Crippen LogP contribution >= 0.6 is 0 Å². The first kappa shape index (κ1) is 16.7. The molecule has 0 radical (unpaired) electrons. The molecule has 122 valence electrons. The lowest BCUT2D eigenvalue weighted by molar-refractivity contribution is -0.137. The summed E-state index contributed by atoms with van der Waals surface area (Å²) < 4.78 is 89.2. The van der Waals surface area contributed by atoms with E-state index < -0.39 is 41.0 Å². The van der Waals surface area contributed by atoms with Gasteiger partial charge in [-0.1, -0.05) is 12.1 Å². The maximum Gasteiger partial charge on any atom is 0.416 e. The fourth-order valence-electron chi connectivity index (χ4n) is 1.51. The molecule has 0 aliphatic heterocycles. The van der Waals surface area contributed by atoms with Crippen LogP contribution in [-0.2, 0) is 6.18 Å². The van der Waals surface area contributed by atoms with E-state index in [9.17, 15) is 30.7 Å². The molecule has 0 amide bonds. The third-order valence-corrected chi connectivity index (χ3v) is 2.63. The van der Waals surface area contributed by atoms with Crippen LogP contribution < -0.4 is 5.43 Å². The predicted molar refractivity (Wildman–Crippen MR) is 66.7 cm³/mol. The minimum Gasteiger partial charge on any atom is -0.272 e. The Morgan fingerprint density at radius 1 is 0.913 bits per heavy atom. The molecule has 0 spiro atoms. The highest BCUT2D eigenvalue weighted by Crippen LogP contribution is 2.29. The van der Waals surface area contributed by atoms with Gasteiger partial charge >= 0.3 is 6.18 Å². The zero-order valence-corrected chi connectivity index (χ0v) is 10.9. The lowest BCUT2D eigenvalue weighted by Gasteiger charge is -2.06. The third-order valence-electron chi connectivity index (χ3n) is 2.63. The highest BCUT2D eigenvalue weighted by molar-refractivity contribution is 5.80. The summed E-state index contributed by atoms with van der Waals surface area (Å²) in [6.45, 7) is 0. The molecule has 1 aromatic heterocycles. The number of benzene rings is 1. The van der Waals surface area contributed by atoms with Gasteiger partial charge in [0.1, 0.15) is 5.69 Å². The minimum atomic E-state index is -4.51. The summed E-state index contributed by atoms with van der Waals surface area (Å²) in [5.74, 6) is -7.30. The van der Waals surface area contributed by atoms with E-state index in [1.807, 2.05) is 0 Å². The van der Waals surface area contributed by atoms with Crippen molar-refractivity contribution in [3.8, 4) is 0 Å². The van der Waals surface area contributed by atoms with Gasteiger partial charge in [0.05, 0.1) is 11.8 Å². The van der Waals surface area contributed by atoms with Crippen LogP contribution in [0, 0.1) is 23.5 Å². The topological polar surface area (TPSA) is 37.3 Å². The van der Waals surface area contributed by atoms with E-state index in [1.165, 1.54) is 0 Å². The van der Waals surface area contributed by atoms with Gasteiger partial charge in [-0.05, 0) is 17.7 Å². The van der Waals surface area contributed by atoms with Crippen molar-refractivity contribution in [1.82, 2.24) is 4.98 Å². The molecule has 1 aromatic carbocycles. The number of rotatable bonds is 3. The zero-order chi connectivity index (χ0) is 17.2. The second kappa shape index (κ2) is 6.23. The predicted octanol–water partition coefficient (Wildman–Crippen LogP) is 4.10. The smallest absolute Gasteiger partial charge is 0.272 e. The van der Waals surface area contributed by atoms with E-state index in [-0.39, 0.29) is 5.56 Å². The van der Waals surface area contributed by atoms with Gasteiger partial charge in [0.15, 0.2) is 0 Å². The molecule has 0 saturated heterocycles. The van der Waals surface area contributed by atoms with Crippen molar-refractivity contribution in [3.63, 3.8) is 0 Å². The Balaban J connectivity index is 2.17. The van der Waals surface area contributed by atoms with Crippen molar-refractivity contribution in [3.05, 3.63) is 58.9 Å².